The van der Waals surface area contributed by atoms with Crippen molar-refractivity contribution >= 4 is 28.9 Å². The van der Waals surface area contributed by atoms with Gasteiger partial charge in [-0.25, -0.2) is 0 Å². The summed E-state index contributed by atoms with van der Waals surface area (Å²) in [6, 6.07) is 13.2. The molecule has 0 bridgehead atoms. The molecule has 0 aromatic heterocycles. The molecule has 0 saturated carbocycles. The summed E-state index contributed by atoms with van der Waals surface area (Å²) in [4.78, 5) is 12.0. The number of hydrogen-bond acceptors (Lipinski definition) is 3. The lowest BCUT2D eigenvalue weighted by molar-refractivity contribution is -0.114. The summed E-state index contributed by atoms with van der Waals surface area (Å²) in [5, 5.41) is 6.37. The zero-order chi connectivity index (χ0) is 17.7. The third kappa shape index (κ3) is 4.90. The molecule has 2 aromatic carbocycles. The highest BCUT2D eigenvalue weighted by Crippen LogP contribution is 2.27. The van der Waals surface area contributed by atoms with Crippen LogP contribution in [-0.4, -0.2) is 19.6 Å². The third-order valence-electron chi connectivity index (χ3n) is 3.64. The van der Waals surface area contributed by atoms with Crippen LogP contribution in [0.5, 0.6) is 5.75 Å². The van der Waals surface area contributed by atoms with Crippen molar-refractivity contribution in [1.29, 1.82) is 0 Å². The SMILES string of the molecule is COc1ccc(NC(=O)CNc2ccc(C(C)(C)C)cc2)cc1Cl. The van der Waals surface area contributed by atoms with E-state index in [0.717, 1.165) is 5.69 Å². The van der Waals surface area contributed by atoms with E-state index in [4.69, 9.17) is 16.3 Å². The van der Waals surface area contributed by atoms with E-state index in [1.54, 1.807) is 25.3 Å². The Balaban J connectivity index is 1.90. The summed E-state index contributed by atoms with van der Waals surface area (Å²) < 4.78 is 5.09. The quantitative estimate of drug-likeness (QED) is 0.825. The van der Waals surface area contributed by atoms with Crippen LogP contribution in [0.2, 0.25) is 5.02 Å². The number of hydrogen-bond donors (Lipinski definition) is 2. The van der Waals surface area contributed by atoms with Crippen LogP contribution in [0.15, 0.2) is 42.5 Å². The molecule has 0 spiro atoms. The summed E-state index contributed by atoms with van der Waals surface area (Å²) in [5.74, 6) is 0.433. The third-order valence-corrected chi connectivity index (χ3v) is 3.93. The Morgan fingerprint density at radius 3 is 2.25 bits per heavy atom. The summed E-state index contributed by atoms with van der Waals surface area (Å²) in [6.07, 6.45) is 0. The second-order valence-electron chi connectivity index (χ2n) is 6.58. The maximum absolute atomic E-state index is 12.0. The Hall–Kier alpha value is -2.20. The average Bonchev–Trinajstić information content (AvgIpc) is 2.53. The van der Waals surface area contributed by atoms with E-state index in [9.17, 15) is 4.79 Å². The van der Waals surface area contributed by atoms with Crippen LogP contribution >= 0.6 is 11.6 Å². The Morgan fingerprint density at radius 1 is 1.08 bits per heavy atom. The topological polar surface area (TPSA) is 50.4 Å². The number of halogens is 1. The number of ether oxygens (including phenoxy) is 1. The van der Waals surface area contributed by atoms with Gasteiger partial charge in [-0.15, -0.1) is 0 Å². The molecule has 0 heterocycles. The molecule has 0 unspecified atom stereocenters. The van der Waals surface area contributed by atoms with Crippen molar-refractivity contribution < 1.29 is 9.53 Å². The number of anilines is 2. The van der Waals surface area contributed by atoms with Crippen molar-refractivity contribution in [2.45, 2.75) is 26.2 Å². The molecule has 2 N–H and O–H groups in total. The van der Waals surface area contributed by atoms with Gasteiger partial charge in [0.25, 0.3) is 0 Å². The van der Waals surface area contributed by atoms with Crippen molar-refractivity contribution in [3.05, 3.63) is 53.1 Å². The van der Waals surface area contributed by atoms with E-state index in [2.05, 4.69) is 43.5 Å². The molecule has 4 nitrogen and oxygen atoms in total. The molecule has 0 radical (unpaired) electrons. The number of benzene rings is 2. The van der Waals surface area contributed by atoms with Gasteiger partial charge in [-0.05, 0) is 41.3 Å². The van der Waals surface area contributed by atoms with Gasteiger partial charge >= 0.3 is 0 Å². The molecule has 128 valence electrons. The molecular weight excluding hydrogens is 324 g/mol. The van der Waals surface area contributed by atoms with Crippen LogP contribution in [0.4, 0.5) is 11.4 Å². The van der Waals surface area contributed by atoms with Crippen LogP contribution < -0.4 is 15.4 Å². The predicted octanol–water partition coefficient (Wildman–Crippen LogP) is 4.70. The Morgan fingerprint density at radius 2 is 1.71 bits per heavy atom. The van der Waals surface area contributed by atoms with Crippen LogP contribution in [0.1, 0.15) is 26.3 Å². The van der Waals surface area contributed by atoms with E-state index in [0.29, 0.717) is 16.5 Å². The maximum atomic E-state index is 12.0. The number of carbonyl (C=O) groups is 1. The highest BCUT2D eigenvalue weighted by molar-refractivity contribution is 6.32. The fraction of sp³-hybridized carbons (Fsp3) is 0.316. The van der Waals surface area contributed by atoms with Crippen molar-refractivity contribution in [2.75, 3.05) is 24.3 Å². The van der Waals surface area contributed by atoms with Crippen LogP contribution in [0.3, 0.4) is 0 Å². The lowest BCUT2D eigenvalue weighted by Crippen LogP contribution is -2.21. The van der Waals surface area contributed by atoms with Crippen molar-refractivity contribution in [3.8, 4) is 5.75 Å². The van der Waals surface area contributed by atoms with Crippen LogP contribution in [0.25, 0.3) is 0 Å². The van der Waals surface area contributed by atoms with Gasteiger partial charge in [-0.2, -0.15) is 0 Å². The second kappa shape index (κ2) is 7.58. The standard InChI is InChI=1S/C19H23ClN2O2/c1-19(2,3)13-5-7-14(8-6-13)21-12-18(23)22-15-9-10-17(24-4)16(20)11-15/h5-11,21H,12H2,1-4H3,(H,22,23). The molecule has 1 amide bonds. The average molecular weight is 347 g/mol. The molecule has 24 heavy (non-hydrogen) atoms. The molecule has 5 heteroatoms. The molecule has 0 aliphatic carbocycles. The first-order chi connectivity index (χ1) is 11.3. The van der Waals surface area contributed by atoms with Gasteiger partial charge < -0.3 is 15.4 Å². The highest BCUT2D eigenvalue weighted by atomic mass is 35.5. The van der Waals surface area contributed by atoms with E-state index in [1.807, 2.05) is 12.1 Å². The minimum absolute atomic E-state index is 0.115. The number of amides is 1. The molecule has 2 rings (SSSR count). The highest BCUT2D eigenvalue weighted by Gasteiger charge is 2.13. The van der Waals surface area contributed by atoms with Gasteiger partial charge in [0.2, 0.25) is 5.91 Å². The van der Waals surface area contributed by atoms with Gasteiger partial charge in [0.05, 0.1) is 18.7 Å². The number of rotatable bonds is 5. The first-order valence-corrected chi connectivity index (χ1v) is 8.15. The first kappa shape index (κ1) is 18.1. The van der Waals surface area contributed by atoms with Gasteiger partial charge in [-0.1, -0.05) is 44.5 Å². The molecule has 0 fully saturated rings. The fourth-order valence-electron chi connectivity index (χ4n) is 2.22. The summed E-state index contributed by atoms with van der Waals surface area (Å²) in [5.41, 5.74) is 2.91. The monoisotopic (exact) mass is 346 g/mol. The van der Waals surface area contributed by atoms with Crippen molar-refractivity contribution in [2.24, 2.45) is 0 Å². The van der Waals surface area contributed by atoms with Gasteiger partial charge in [-0.3, -0.25) is 4.79 Å². The Labute approximate surface area is 148 Å². The summed E-state index contributed by atoms with van der Waals surface area (Å²) in [6.45, 7) is 6.69. The Kier molecular flexibility index (Phi) is 5.73. The lowest BCUT2D eigenvalue weighted by atomic mass is 9.87. The number of nitrogens with one attached hydrogen (secondary N) is 2. The first-order valence-electron chi connectivity index (χ1n) is 7.77. The van der Waals surface area contributed by atoms with Crippen molar-refractivity contribution in [3.63, 3.8) is 0 Å². The number of methoxy groups -OCH3 is 1. The van der Waals surface area contributed by atoms with E-state index >= 15 is 0 Å². The molecular formula is C19H23ClN2O2. The van der Waals surface area contributed by atoms with Crippen LogP contribution in [0, 0.1) is 0 Å². The predicted molar refractivity (Wildman–Crippen MR) is 100 cm³/mol. The minimum atomic E-state index is -0.142. The molecule has 0 aliphatic heterocycles. The number of carbonyl (C=O) groups excluding carboxylic acids is 1. The zero-order valence-electron chi connectivity index (χ0n) is 14.4. The lowest BCUT2D eigenvalue weighted by Gasteiger charge is -2.19. The van der Waals surface area contributed by atoms with E-state index < -0.39 is 0 Å². The largest absolute Gasteiger partial charge is 0.495 e. The van der Waals surface area contributed by atoms with E-state index in [1.165, 1.54) is 5.56 Å². The zero-order valence-corrected chi connectivity index (χ0v) is 15.2. The molecule has 0 aliphatic rings. The Bertz CT molecular complexity index is 706. The summed E-state index contributed by atoms with van der Waals surface area (Å²) in [7, 11) is 1.55. The summed E-state index contributed by atoms with van der Waals surface area (Å²) >= 11 is 6.05. The van der Waals surface area contributed by atoms with Crippen LogP contribution in [-0.2, 0) is 10.2 Å². The van der Waals surface area contributed by atoms with Crippen molar-refractivity contribution in [1.82, 2.24) is 0 Å². The fourth-order valence-corrected chi connectivity index (χ4v) is 2.48. The molecule has 2 aromatic rings. The smallest absolute Gasteiger partial charge is 0.243 e. The second-order valence-corrected chi connectivity index (χ2v) is 6.99. The van der Waals surface area contributed by atoms with Gasteiger partial charge in [0, 0.05) is 11.4 Å². The molecule has 0 saturated heterocycles. The van der Waals surface area contributed by atoms with Gasteiger partial charge in [0.1, 0.15) is 5.75 Å². The molecule has 0 atom stereocenters. The maximum Gasteiger partial charge on any atom is 0.243 e. The van der Waals surface area contributed by atoms with E-state index in [-0.39, 0.29) is 17.9 Å². The minimum Gasteiger partial charge on any atom is -0.495 e. The normalized spacial score (nSPS) is 11.0. The van der Waals surface area contributed by atoms with Gasteiger partial charge in [0.15, 0.2) is 0 Å².